The third-order valence-electron chi connectivity index (χ3n) is 4.40. The van der Waals surface area contributed by atoms with Gasteiger partial charge in [0.25, 0.3) is 0 Å². The molecule has 0 radical (unpaired) electrons. The summed E-state index contributed by atoms with van der Waals surface area (Å²) in [5.74, 6) is 2.20. The lowest BCUT2D eigenvalue weighted by Gasteiger charge is -2.22. The van der Waals surface area contributed by atoms with Gasteiger partial charge in [0.15, 0.2) is 0 Å². The molecule has 1 aliphatic carbocycles. The fourth-order valence-corrected chi connectivity index (χ4v) is 2.77. The summed E-state index contributed by atoms with van der Waals surface area (Å²) in [6, 6.07) is 8.22. The van der Waals surface area contributed by atoms with Crippen molar-refractivity contribution in [2.75, 3.05) is 20.7 Å². The molecule has 3 nitrogen and oxygen atoms in total. The van der Waals surface area contributed by atoms with Crippen LogP contribution in [0.4, 0.5) is 0 Å². The molecule has 1 aromatic rings. The zero-order chi connectivity index (χ0) is 15.2. The fraction of sp³-hybridized carbons (Fsp3) is 0.611. The van der Waals surface area contributed by atoms with Crippen LogP contribution in [0.3, 0.4) is 0 Å². The van der Waals surface area contributed by atoms with Gasteiger partial charge < -0.3 is 9.64 Å². The summed E-state index contributed by atoms with van der Waals surface area (Å²) >= 11 is 0. The highest BCUT2D eigenvalue weighted by atomic mass is 16.5. The van der Waals surface area contributed by atoms with Crippen LogP contribution in [0.1, 0.15) is 50.5 Å². The molecule has 3 heteroatoms. The maximum absolute atomic E-state index is 12.4. The number of ether oxygens (including phenoxy) is 1. The van der Waals surface area contributed by atoms with Crippen molar-refractivity contribution in [3.63, 3.8) is 0 Å². The van der Waals surface area contributed by atoms with E-state index >= 15 is 0 Å². The van der Waals surface area contributed by atoms with Crippen LogP contribution in [0.25, 0.3) is 0 Å². The van der Waals surface area contributed by atoms with Crippen LogP contribution in [0.2, 0.25) is 0 Å². The first kappa shape index (κ1) is 15.9. The summed E-state index contributed by atoms with van der Waals surface area (Å²) in [6.07, 6.45) is 5.35. The number of carbonyl (C=O) groups excluding carboxylic acids is 1. The van der Waals surface area contributed by atoms with Crippen LogP contribution in [0.15, 0.2) is 24.3 Å². The van der Waals surface area contributed by atoms with Crippen molar-refractivity contribution in [3.8, 4) is 5.75 Å². The zero-order valence-corrected chi connectivity index (χ0v) is 13.5. The van der Waals surface area contributed by atoms with Gasteiger partial charge in [0, 0.05) is 20.0 Å². The maximum atomic E-state index is 12.4. The van der Waals surface area contributed by atoms with E-state index in [9.17, 15) is 4.79 Å². The van der Waals surface area contributed by atoms with Crippen molar-refractivity contribution < 1.29 is 9.53 Å². The zero-order valence-electron chi connectivity index (χ0n) is 13.5. The Balaban J connectivity index is 2.00. The van der Waals surface area contributed by atoms with Crippen LogP contribution in [-0.2, 0) is 4.79 Å². The molecule has 0 aromatic heterocycles. The minimum Gasteiger partial charge on any atom is -0.497 e. The van der Waals surface area contributed by atoms with Crippen molar-refractivity contribution in [3.05, 3.63) is 29.8 Å². The lowest BCUT2D eigenvalue weighted by atomic mass is 9.90. The molecule has 0 aliphatic heterocycles. The van der Waals surface area contributed by atoms with Gasteiger partial charge in [-0.25, -0.2) is 0 Å². The SMILES string of the molecule is CCCCN(C)C(=O)CC(c1ccc(OC)cc1)C1CC1. The number of hydrogen-bond donors (Lipinski definition) is 0. The highest BCUT2D eigenvalue weighted by Gasteiger charge is 2.34. The second kappa shape index (κ2) is 7.48. The molecule has 0 heterocycles. The van der Waals surface area contributed by atoms with E-state index in [1.54, 1.807) is 7.11 Å². The average molecular weight is 289 g/mol. The van der Waals surface area contributed by atoms with Gasteiger partial charge in [0.2, 0.25) is 5.91 Å². The molecule has 1 saturated carbocycles. The van der Waals surface area contributed by atoms with E-state index in [-0.39, 0.29) is 5.91 Å². The first-order chi connectivity index (χ1) is 10.2. The van der Waals surface area contributed by atoms with E-state index in [0.717, 1.165) is 25.1 Å². The topological polar surface area (TPSA) is 29.5 Å². The molecule has 1 atom stereocenters. The molecule has 1 amide bonds. The normalized spacial score (nSPS) is 15.6. The van der Waals surface area contributed by atoms with Gasteiger partial charge in [0.05, 0.1) is 7.11 Å². The molecule has 1 fully saturated rings. The standard InChI is InChI=1S/C18H27NO2/c1-4-5-12-19(2)18(20)13-17(14-6-7-14)15-8-10-16(21-3)11-9-15/h8-11,14,17H,4-7,12-13H2,1-3H3. The Labute approximate surface area is 128 Å². The highest BCUT2D eigenvalue weighted by molar-refractivity contribution is 5.77. The summed E-state index contributed by atoms with van der Waals surface area (Å²) in [5.41, 5.74) is 1.27. The van der Waals surface area contributed by atoms with Gasteiger partial charge in [-0.2, -0.15) is 0 Å². The lowest BCUT2D eigenvalue weighted by molar-refractivity contribution is -0.130. The van der Waals surface area contributed by atoms with Gasteiger partial charge in [-0.1, -0.05) is 25.5 Å². The van der Waals surface area contributed by atoms with Gasteiger partial charge in [0.1, 0.15) is 5.75 Å². The molecule has 1 unspecified atom stereocenters. The smallest absolute Gasteiger partial charge is 0.222 e. The van der Waals surface area contributed by atoms with E-state index < -0.39 is 0 Å². The second-order valence-corrected chi connectivity index (χ2v) is 6.09. The number of carbonyl (C=O) groups is 1. The first-order valence-electron chi connectivity index (χ1n) is 8.03. The van der Waals surface area contributed by atoms with Crippen molar-refractivity contribution >= 4 is 5.91 Å². The fourth-order valence-electron chi connectivity index (χ4n) is 2.77. The highest BCUT2D eigenvalue weighted by Crippen LogP contribution is 2.44. The summed E-state index contributed by atoms with van der Waals surface area (Å²) in [4.78, 5) is 14.3. The number of unbranched alkanes of at least 4 members (excludes halogenated alkanes) is 1. The number of benzene rings is 1. The Morgan fingerprint density at radius 2 is 2.00 bits per heavy atom. The van der Waals surface area contributed by atoms with Crippen molar-refractivity contribution in [2.24, 2.45) is 5.92 Å². The molecule has 2 rings (SSSR count). The Morgan fingerprint density at radius 1 is 1.33 bits per heavy atom. The minimum absolute atomic E-state index is 0.274. The van der Waals surface area contributed by atoms with E-state index in [2.05, 4.69) is 19.1 Å². The summed E-state index contributed by atoms with van der Waals surface area (Å²) < 4.78 is 5.21. The average Bonchev–Trinajstić information content (AvgIpc) is 3.34. The summed E-state index contributed by atoms with van der Waals surface area (Å²) in [6.45, 7) is 3.03. The van der Waals surface area contributed by atoms with Crippen LogP contribution in [0.5, 0.6) is 5.75 Å². The minimum atomic E-state index is 0.274. The van der Waals surface area contributed by atoms with Crippen LogP contribution in [0, 0.1) is 5.92 Å². The van der Waals surface area contributed by atoms with E-state index in [0.29, 0.717) is 18.3 Å². The predicted molar refractivity (Wildman–Crippen MR) is 85.6 cm³/mol. The lowest BCUT2D eigenvalue weighted by Crippen LogP contribution is -2.29. The Kier molecular flexibility index (Phi) is 5.66. The molecular weight excluding hydrogens is 262 g/mol. The molecule has 1 aliphatic rings. The number of methoxy groups -OCH3 is 1. The largest absolute Gasteiger partial charge is 0.497 e. The molecule has 1 aromatic carbocycles. The molecule has 116 valence electrons. The van der Waals surface area contributed by atoms with Crippen molar-refractivity contribution in [2.45, 2.75) is 44.9 Å². The molecule has 0 N–H and O–H groups in total. The number of rotatable bonds is 8. The summed E-state index contributed by atoms with van der Waals surface area (Å²) in [5, 5.41) is 0. The molecular formula is C18H27NO2. The second-order valence-electron chi connectivity index (χ2n) is 6.09. The van der Waals surface area contributed by atoms with E-state index in [1.807, 2.05) is 24.1 Å². The third kappa shape index (κ3) is 4.48. The van der Waals surface area contributed by atoms with Gasteiger partial charge >= 0.3 is 0 Å². The first-order valence-corrected chi connectivity index (χ1v) is 8.03. The molecule has 0 bridgehead atoms. The van der Waals surface area contributed by atoms with Crippen LogP contribution < -0.4 is 4.74 Å². The molecule has 21 heavy (non-hydrogen) atoms. The van der Waals surface area contributed by atoms with E-state index in [1.165, 1.54) is 18.4 Å². The van der Waals surface area contributed by atoms with Crippen LogP contribution >= 0.6 is 0 Å². The number of amides is 1. The molecule has 0 saturated heterocycles. The van der Waals surface area contributed by atoms with Crippen molar-refractivity contribution in [1.82, 2.24) is 4.90 Å². The number of hydrogen-bond acceptors (Lipinski definition) is 2. The van der Waals surface area contributed by atoms with Crippen LogP contribution in [-0.4, -0.2) is 31.5 Å². The van der Waals surface area contributed by atoms with E-state index in [4.69, 9.17) is 4.74 Å². The quantitative estimate of drug-likeness (QED) is 0.727. The predicted octanol–water partition coefficient (Wildman–Crippen LogP) is 3.84. The van der Waals surface area contributed by atoms with Gasteiger partial charge in [-0.3, -0.25) is 4.79 Å². The molecule has 0 spiro atoms. The van der Waals surface area contributed by atoms with Gasteiger partial charge in [-0.15, -0.1) is 0 Å². The summed E-state index contributed by atoms with van der Waals surface area (Å²) in [7, 11) is 3.61. The van der Waals surface area contributed by atoms with Gasteiger partial charge in [-0.05, 0) is 48.8 Å². The van der Waals surface area contributed by atoms with Crippen molar-refractivity contribution in [1.29, 1.82) is 0 Å². The monoisotopic (exact) mass is 289 g/mol. The Morgan fingerprint density at radius 3 is 2.52 bits per heavy atom. The Hall–Kier alpha value is -1.51. The maximum Gasteiger partial charge on any atom is 0.222 e. The number of nitrogens with zero attached hydrogens (tertiary/aromatic N) is 1. The Bertz CT molecular complexity index is 451. The third-order valence-corrected chi connectivity index (χ3v) is 4.40.